The molecule has 1 saturated heterocycles. The van der Waals surface area contributed by atoms with Crippen molar-refractivity contribution in [1.29, 1.82) is 0 Å². The summed E-state index contributed by atoms with van der Waals surface area (Å²) in [4.78, 5) is 8.53. The summed E-state index contributed by atoms with van der Waals surface area (Å²) in [7, 11) is -3.89. The summed E-state index contributed by atoms with van der Waals surface area (Å²) in [5.74, 6) is 0. The van der Waals surface area contributed by atoms with Crippen LogP contribution in [0.3, 0.4) is 0 Å². The molecule has 2 heterocycles. The zero-order chi connectivity index (χ0) is 15.7. The van der Waals surface area contributed by atoms with E-state index in [9.17, 15) is 8.42 Å². The second kappa shape index (κ2) is 5.68. The average Bonchev–Trinajstić information content (AvgIpc) is 3.00. The van der Waals surface area contributed by atoms with Crippen molar-refractivity contribution in [3.63, 3.8) is 0 Å². The van der Waals surface area contributed by atoms with Crippen LogP contribution in [0.15, 0.2) is 35.5 Å². The summed E-state index contributed by atoms with van der Waals surface area (Å²) in [5, 5.41) is 5.34. The summed E-state index contributed by atoms with van der Waals surface area (Å²) >= 11 is 0. The van der Waals surface area contributed by atoms with Crippen molar-refractivity contribution in [2.75, 3.05) is 0 Å². The Morgan fingerprint density at radius 1 is 1.14 bits per heavy atom. The highest BCUT2D eigenvalue weighted by atomic mass is 32.2. The molecular weight excluding hydrogens is 306 g/mol. The van der Waals surface area contributed by atoms with Gasteiger partial charge in [0, 0.05) is 17.3 Å². The maximum absolute atomic E-state index is 11.9. The first-order valence-corrected chi connectivity index (χ1v) is 7.97. The fourth-order valence-corrected chi connectivity index (χ4v) is 3.04. The maximum Gasteiger partial charge on any atom is 0.238 e. The monoisotopic (exact) mass is 321 g/mol. The van der Waals surface area contributed by atoms with Crippen LogP contribution in [-0.2, 0) is 10.0 Å². The van der Waals surface area contributed by atoms with Gasteiger partial charge in [0.05, 0.1) is 22.5 Å². The lowest BCUT2D eigenvalue weighted by molar-refractivity contribution is 0.540. The van der Waals surface area contributed by atoms with Crippen LogP contribution < -0.4 is 27.1 Å². The molecule has 0 radical (unpaired) electrons. The van der Waals surface area contributed by atoms with Crippen molar-refractivity contribution in [3.8, 4) is 11.3 Å². The molecule has 1 fully saturated rings. The van der Waals surface area contributed by atoms with Gasteiger partial charge in [-0.25, -0.2) is 24.4 Å². The maximum atomic E-state index is 11.9. The number of aryl methyl sites for hydroxylation is 1. The molecule has 1 aliphatic heterocycles. The molecule has 9 nitrogen and oxygen atoms in total. The highest BCUT2D eigenvalue weighted by Crippen LogP contribution is 2.31. The third-order valence-electron chi connectivity index (χ3n) is 3.21. The number of hydrogen-bond acceptors (Lipinski definition) is 8. The molecule has 22 heavy (non-hydrogen) atoms. The van der Waals surface area contributed by atoms with E-state index >= 15 is 0 Å². The van der Waals surface area contributed by atoms with Gasteiger partial charge in [0.15, 0.2) is 0 Å². The fourth-order valence-electron chi connectivity index (χ4n) is 2.24. The molecule has 0 amide bonds. The molecule has 116 valence electrons. The number of nitrogens with zero attached hydrogens (tertiary/aromatic N) is 2. The number of aromatic nitrogens is 2. The second-order valence-corrected chi connectivity index (χ2v) is 6.31. The molecule has 1 aromatic heterocycles. The highest BCUT2D eigenvalue weighted by molar-refractivity contribution is 7.89. The number of sulfonamides is 1. The lowest BCUT2D eigenvalue weighted by atomic mass is 10.0. The van der Waals surface area contributed by atoms with E-state index in [-0.39, 0.29) is 4.90 Å². The standard InChI is InChI=1S/C12H15N7O2S/c1-7-5-15-9(6-14-7)8-3-2-4-10(22(13,20)21)11(8)12-16-18-19-17-12/h2-6,12,16-19H,1H3,(H2,13,20,21). The lowest BCUT2D eigenvalue weighted by Gasteiger charge is -2.18. The van der Waals surface area contributed by atoms with Gasteiger partial charge in [0.2, 0.25) is 10.0 Å². The van der Waals surface area contributed by atoms with Gasteiger partial charge in [0.1, 0.15) is 6.17 Å². The molecule has 10 heteroatoms. The summed E-state index contributed by atoms with van der Waals surface area (Å²) < 4.78 is 23.8. The smallest absolute Gasteiger partial charge is 0.238 e. The Morgan fingerprint density at radius 3 is 2.45 bits per heavy atom. The number of rotatable bonds is 3. The van der Waals surface area contributed by atoms with Crippen LogP contribution in [0, 0.1) is 6.92 Å². The second-order valence-electron chi connectivity index (χ2n) is 4.78. The van der Waals surface area contributed by atoms with E-state index in [1.165, 1.54) is 6.07 Å². The van der Waals surface area contributed by atoms with E-state index in [4.69, 9.17) is 5.14 Å². The summed E-state index contributed by atoms with van der Waals surface area (Å²) in [6.45, 7) is 1.83. The largest absolute Gasteiger partial charge is 0.258 e. The van der Waals surface area contributed by atoms with Crippen LogP contribution in [0.1, 0.15) is 17.4 Å². The zero-order valence-corrected chi connectivity index (χ0v) is 12.5. The Kier molecular flexibility index (Phi) is 3.87. The number of nitrogens with one attached hydrogen (secondary N) is 4. The van der Waals surface area contributed by atoms with Crippen molar-refractivity contribution >= 4 is 10.0 Å². The number of benzene rings is 1. The van der Waals surface area contributed by atoms with E-state index in [1.54, 1.807) is 24.5 Å². The molecule has 2 aromatic rings. The Balaban J connectivity index is 2.23. The predicted molar refractivity (Wildman–Crippen MR) is 78.9 cm³/mol. The normalized spacial score (nSPS) is 16.1. The fraction of sp³-hybridized carbons (Fsp3) is 0.167. The molecule has 1 aliphatic rings. The van der Waals surface area contributed by atoms with Gasteiger partial charge in [-0.05, 0) is 13.0 Å². The van der Waals surface area contributed by atoms with Crippen LogP contribution in [0.4, 0.5) is 0 Å². The van der Waals surface area contributed by atoms with Crippen LogP contribution in [-0.4, -0.2) is 18.4 Å². The molecule has 0 saturated carbocycles. The molecule has 3 rings (SSSR count). The minimum absolute atomic E-state index is 0.0166. The predicted octanol–water partition coefficient (Wildman–Crippen LogP) is -0.785. The van der Waals surface area contributed by atoms with Gasteiger partial charge in [-0.2, -0.15) is 11.1 Å². The van der Waals surface area contributed by atoms with Gasteiger partial charge in [-0.1, -0.05) is 12.1 Å². The van der Waals surface area contributed by atoms with E-state index in [2.05, 4.69) is 31.9 Å². The summed E-state index contributed by atoms with van der Waals surface area (Å²) in [6, 6.07) is 4.85. The number of nitrogens with two attached hydrogens (primary N) is 1. The molecule has 0 unspecified atom stereocenters. The Labute approximate surface area is 127 Å². The average molecular weight is 321 g/mol. The van der Waals surface area contributed by atoms with Crippen LogP contribution in [0.2, 0.25) is 0 Å². The van der Waals surface area contributed by atoms with Crippen molar-refractivity contribution in [2.24, 2.45) is 5.14 Å². The topological polar surface area (TPSA) is 134 Å². The third-order valence-corrected chi connectivity index (χ3v) is 4.18. The van der Waals surface area contributed by atoms with E-state index < -0.39 is 16.2 Å². The minimum atomic E-state index is -3.89. The molecule has 0 aliphatic carbocycles. The summed E-state index contributed by atoms with van der Waals surface area (Å²) in [5.41, 5.74) is 13.4. The SMILES string of the molecule is Cc1cnc(-c2cccc(S(N)(=O)=O)c2C2NNNN2)cn1. The van der Waals surface area contributed by atoms with Crippen molar-refractivity contribution in [1.82, 2.24) is 31.9 Å². The lowest BCUT2D eigenvalue weighted by Crippen LogP contribution is -2.33. The Bertz CT molecular complexity index is 786. The van der Waals surface area contributed by atoms with Crippen molar-refractivity contribution in [2.45, 2.75) is 18.0 Å². The number of hydrazine groups is 3. The first-order valence-electron chi connectivity index (χ1n) is 6.42. The Morgan fingerprint density at radius 2 is 1.86 bits per heavy atom. The van der Waals surface area contributed by atoms with Gasteiger partial charge >= 0.3 is 0 Å². The Hall–Kier alpha value is -1.95. The van der Waals surface area contributed by atoms with Gasteiger partial charge in [0.25, 0.3) is 0 Å². The van der Waals surface area contributed by atoms with E-state index in [1.807, 2.05) is 6.92 Å². The molecular formula is C12H15N7O2S. The zero-order valence-electron chi connectivity index (χ0n) is 11.7. The molecule has 1 aromatic carbocycles. The van der Waals surface area contributed by atoms with E-state index in [0.29, 0.717) is 16.8 Å². The van der Waals surface area contributed by atoms with Crippen molar-refractivity contribution in [3.05, 3.63) is 41.9 Å². The molecule has 6 N–H and O–H groups in total. The van der Waals surface area contributed by atoms with E-state index in [0.717, 1.165) is 5.69 Å². The van der Waals surface area contributed by atoms with Crippen molar-refractivity contribution < 1.29 is 8.42 Å². The van der Waals surface area contributed by atoms with Gasteiger partial charge in [-0.3, -0.25) is 9.97 Å². The van der Waals surface area contributed by atoms with Gasteiger partial charge < -0.3 is 0 Å². The number of primary sulfonamides is 1. The van der Waals surface area contributed by atoms with Crippen LogP contribution in [0.25, 0.3) is 11.3 Å². The molecule has 0 atom stereocenters. The van der Waals surface area contributed by atoms with Gasteiger partial charge in [-0.15, -0.1) is 0 Å². The van der Waals surface area contributed by atoms with Crippen LogP contribution >= 0.6 is 0 Å². The highest BCUT2D eigenvalue weighted by Gasteiger charge is 2.27. The third kappa shape index (κ3) is 2.83. The molecule has 0 bridgehead atoms. The minimum Gasteiger partial charge on any atom is -0.258 e. The van der Waals surface area contributed by atoms with Crippen LogP contribution in [0.5, 0.6) is 0 Å². The molecule has 0 spiro atoms. The summed E-state index contributed by atoms with van der Waals surface area (Å²) in [6.07, 6.45) is 2.71. The first-order chi connectivity index (χ1) is 10.5. The quantitative estimate of drug-likeness (QED) is 0.497. The number of hydrogen-bond donors (Lipinski definition) is 5. The first kappa shape index (κ1) is 15.0.